The molecule has 0 spiro atoms. The van der Waals surface area contributed by atoms with E-state index in [1.54, 1.807) is 17.0 Å². The summed E-state index contributed by atoms with van der Waals surface area (Å²) < 4.78 is 42.3. The number of likely N-dealkylation sites (N-methyl/N-ethyl adjacent to an activating group) is 1. The standard InChI is InChI=1S/C29H30F3N5O3S.ClH/c1-13-8-19(29(30,31)32)35-23(20(13)25(38)36-10-14(2)18(12-36)33-5)16-6-7-34-17-9-15(41-24(16)17)11-37-26(39)21-22(27(37)40)28(21,3)4;/h6-9,14,18,21-22,33H,10-12H2,1-5H3;1H/t14-,18-,21?,22?;/m1./s1. The molecule has 1 N–H and O–H groups in total. The zero-order chi connectivity index (χ0) is 29.6. The number of hydrogen-bond acceptors (Lipinski definition) is 7. The maximum atomic E-state index is 13.9. The van der Waals surface area contributed by atoms with E-state index in [4.69, 9.17) is 0 Å². The SMILES string of the molecule is CN[C@@H]1CN(C(=O)c2c(C)cc(C(F)(F)F)nc2-c2ccnc3cc(CN4C(=O)C5C(C4=O)C5(C)C)sc23)C[C@H]1C.Cl. The fourth-order valence-electron chi connectivity index (χ4n) is 6.52. The Kier molecular flexibility index (Phi) is 7.43. The molecule has 0 radical (unpaired) electrons. The van der Waals surface area contributed by atoms with Crippen molar-refractivity contribution in [3.63, 3.8) is 0 Å². The monoisotopic (exact) mass is 621 g/mol. The largest absolute Gasteiger partial charge is 0.433 e. The molecule has 3 aromatic heterocycles. The van der Waals surface area contributed by atoms with Gasteiger partial charge in [0.15, 0.2) is 0 Å². The van der Waals surface area contributed by atoms with Gasteiger partial charge in [-0.1, -0.05) is 20.8 Å². The number of nitrogens with zero attached hydrogens (tertiary/aromatic N) is 4. The molecule has 3 aliphatic rings. The van der Waals surface area contributed by atoms with Crippen LogP contribution in [0.1, 0.15) is 47.3 Å². The van der Waals surface area contributed by atoms with Gasteiger partial charge in [-0.05, 0) is 49.1 Å². The number of piperidine rings is 1. The Bertz CT molecular complexity index is 1600. The lowest BCUT2D eigenvalue weighted by Gasteiger charge is -2.21. The van der Waals surface area contributed by atoms with E-state index in [0.29, 0.717) is 33.7 Å². The molecule has 3 fully saturated rings. The van der Waals surface area contributed by atoms with Gasteiger partial charge in [0.2, 0.25) is 11.8 Å². The van der Waals surface area contributed by atoms with Crippen LogP contribution in [0.2, 0.25) is 0 Å². The quantitative estimate of drug-likeness (QED) is 0.406. The molecule has 2 unspecified atom stereocenters. The second kappa shape index (κ2) is 10.3. The maximum absolute atomic E-state index is 13.9. The Hall–Kier alpha value is -3.09. The van der Waals surface area contributed by atoms with Gasteiger partial charge >= 0.3 is 6.18 Å². The van der Waals surface area contributed by atoms with E-state index >= 15 is 0 Å². The summed E-state index contributed by atoms with van der Waals surface area (Å²) in [4.78, 5) is 51.6. The summed E-state index contributed by atoms with van der Waals surface area (Å²) in [6.07, 6.45) is -3.24. The van der Waals surface area contributed by atoms with Crippen LogP contribution in [0.15, 0.2) is 24.4 Å². The smallest absolute Gasteiger partial charge is 0.337 e. The van der Waals surface area contributed by atoms with Crippen LogP contribution < -0.4 is 5.32 Å². The number of aryl methyl sites for hydroxylation is 1. The summed E-state index contributed by atoms with van der Waals surface area (Å²) in [5.41, 5.74) is -0.310. The fraction of sp³-hybridized carbons (Fsp3) is 0.483. The van der Waals surface area contributed by atoms with Crippen LogP contribution in [0.3, 0.4) is 0 Å². The fourth-order valence-corrected chi connectivity index (χ4v) is 7.63. The highest BCUT2D eigenvalue weighted by atomic mass is 35.5. The van der Waals surface area contributed by atoms with Gasteiger partial charge in [0.05, 0.1) is 39.9 Å². The number of likely N-dealkylation sites (tertiary alicyclic amines) is 2. The minimum atomic E-state index is -4.71. The molecular weight excluding hydrogens is 591 g/mol. The van der Waals surface area contributed by atoms with E-state index in [9.17, 15) is 27.6 Å². The highest BCUT2D eigenvalue weighted by Crippen LogP contribution is 2.63. The summed E-state index contributed by atoms with van der Waals surface area (Å²) >= 11 is 1.24. The first-order chi connectivity index (χ1) is 19.2. The van der Waals surface area contributed by atoms with Crippen molar-refractivity contribution < 1.29 is 27.6 Å². The number of imide groups is 1. The van der Waals surface area contributed by atoms with Crippen molar-refractivity contribution in [2.24, 2.45) is 23.2 Å². The average Bonchev–Trinajstić information content (AvgIpc) is 3.23. The van der Waals surface area contributed by atoms with E-state index in [1.807, 2.05) is 27.8 Å². The number of hydrogen-bond donors (Lipinski definition) is 1. The van der Waals surface area contributed by atoms with E-state index in [-0.39, 0.29) is 82.7 Å². The predicted octanol–water partition coefficient (Wildman–Crippen LogP) is 4.93. The zero-order valence-electron chi connectivity index (χ0n) is 23.7. The number of carbonyl (C=O) groups excluding carboxylic acids is 3. The number of nitrogens with one attached hydrogen (secondary N) is 1. The lowest BCUT2D eigenvalue weighted by Crippen LogP contribution is -2.35. The Morgan fingerprint density at radius 2 is 1.83 bits per heavy atom. The molecule has 2 aliphatic heterocycles. The molecule has 8 nitrogen and oxygen atoms in total. The van der Waals surface area contributed by atoms with Crippen LogP contribution in [-0.4, -0.2) is 63.7 Å². The van der Waals surface area contributed by atoms with E-state index in [1.165, 1.54) is 29.4 Å². The second-order valence-corrected chi connectivity index (χ2v) is 13.1. The number of amides is 3. The zero-order valence-corrected chi connectivity index (χ0v) is 25.3. The normalized spacial score (nSPS) is 24.8. The number of carbonyl (C=O) groups is 3. The Labute approximate surface area is 251 Å². The summed E-state index contributed by atoms with van der Waals surface area (Å²) in [7, 11) is 1.82. The number of halogens is 4. The number of alkyl halides is 3. The molecule has 3 aromatic rings. The first-order valence-electron chi connectivity index (χ1n) is 13.5. The number of fused-ring (bicyclic) bond motifs is 2. The van der Waals surface area contributed by atoms with E-state index < -0.39 is 11.9 Å². The van der Waals surface area contributed by atoms with Crippen molar-refractivity contribution in [3.8, 4) is 11.3 Å². The van der Waals surface area contributed by atoms with Crippen molar-refractivity contribution in [2.45, 2.75) is 46.5 Å². The molecule has 2 saturated heterocycles. The minimum absolute atomic E-state index is 0. The molecule has 0 aromatic carbocycles. The molecule has 42 heavy (non-hydrogen) atoms. The Morgan fingerprint density at radius 1 is 1.17 bits per heavy atom. The van der Waals surface area contributed by atoms with Gasteiger partial charge in [-0.15, -0.1) is 23.7 Å². The topological polar surface area (TPSA) is 95.5 Å². The van der Waals surface area contributed by atoms with Crippen molar-refractivity contribution in [1.29, 1.82) is 0 Å². The first kappa shape index (κ1) is 30.4. The average molecular weight is 622 g/mol. The van der Waals surface area contributed by atoms with Gasteiger partial charge in [-0.2, -0.15) is 13.2 Å². The molecule has 1 aliphatic carbocycles. The van der Waals surface area contributed by atoms with Gasteiger partial charge in [-0.25, -0.2) is 4.98 Å². The van der Waals surface area contributed by atoms with Crippen LogP contribution in [0.4, 0.5) is 13.2 Å². The summed E-state index contributed by atoms with van der Waals surface area (Å²) in [6.45, 7) is 8.31. The molecule has 3 amide bonds. The van der Waals surface area contributed by atoms with Crippen LogP contribution in [0.25, 0.3) is 21.5 Å². The predicted molar refractivity (Wildman–Crippen MR) is 154 cm³/mol. The minimum Gasteiger partial charge on any atom is -0.337 e. The molecule has 5 heterocycles. The number of thiophene rings is 1. The summed E-state index contributed by atoms with van der Waals surface area (Å²) in [5.74, 6) is -1.20. The van der Waals surface area contributed by atoms with Crippen molar-refractivity contribution in [2.75, 3.05) is 20.1 Å². The third-order valence-corrected chi connectivity index (χ3v) is 10.1. The molecular formula is C29H31ClF3N5O3S. The summed E-state index contributed by atoms with van der Waals surface area (Å²) in [6, 6.07) is 4.29. The second-order valence-electron chi connectivity index (χ2n) is 12.0. The van der Waals surface area contributed by atoms with E-state index in [0.717, 1.165) is 6.07 Å². The third kappa shape index (κ3) is 4.67. The molecule has 1 saturated carbocycles. The summed E-state index contributed by atoms with van der Waals surface area (Å²) in [5, 5.41) is 3.20. The molecule has 4 atom stereocenters. The van der Waals surface area contributed by atoms with Crippen LogP contribution in [0.5, 0.6) is 0 Å². The number of rotatable bonds is 5. The lowest BCUT2D eigenvalue weighted by molar-refractivity contribution is -0.144. The first-order valence-corrected chi connectivity index (χ1v) is 14.3. The third-order valence-electron chi connectivity index (χ3n) is 8.91. The highest BCUT2D eigenvalue weighted by molar-refractivity contribution is 7.19. The maximum Gasteiger partial charge on any atom is 0.433 e. The van der Waals surface area contributed by atoms with Gasteiger partial charge in [0.1, 0.15) is 5.69 Å². The Balaban J connectivity index is 0.00000353. The van der Waals surface area contributed by atoms with Crippen molar-refractivity contribution in [3.05, 3.63) is 46.1 Å². The molecule has 13 heteroatoms. The molecule has 224 valence electrons. The Morgan fingerprint density at radius 3 is 2.43 bits per heavy atom. The van der Waals surface area contributed by atoms with Gasteiger partial charge in [0, 0.05) is 35.8 Å². The van der Waals surface area contributed by atoms with Crippen LogP contribution in [0, 0.1) is 30.1 Å². The number of aromatic nitrogens is 2. The highest BCUT2D eigenvalue weighted by Gasteiger charge is 2.72. The van der Waals surface area contributed by atoms with Crippen molar-refractivity contribution in [1.82, 2.24) is 25.1 Å². The van der Waals surface area contributed by atoms with Crippen LogP contribution in [-0.2, 0) is 22.3 Å². The van der Waals surface area contributed by atoms with Gasteiger partial charge in [0.25, 0.3) is 5.91 Å². The van der Waals surface area contributed by atoms with Gasteiger partial charge in [-0.3, -0.25) is 24.3 Å². The van der Waals surface area contributed by atoms with Crippen LogP contribution >= 0.6 is 23.7 Å². The molecule has 0 bridgehead atoms. The van der Waals surface area contributed by atoms with E-state index in [2.05, 4.69) is 15.3 Å². The van der Waals surface area contributed by atoms with Gasteiger partial charge < -0.3 is 10.2 Å². The number of pyridine rings is 2. The lowest BCUT2D eigenvalue weighted by atomic mass is 9.99. The molecule has 6 rings (SSSR count). The van der Waals surface area contributed by atoms with Crippen molar-refractivity contribution >= 4 is 51.7 Å².